The number of carbonyl (C=O) groups is 1. The molecule has 0 aliphatic heterocycles. The largest absolute Gasteiger partial charge is 0.277 e. The summed E-state index contributed by atoms with van der Waals surface area (Å²) in [6, 6.07) is 0. The van der Waals surface area contributed by atoms with Crippen molar-refractivity contribution in [3.05, 3.63) is 10.7 Å². The maximum Gasteiger partial charge on any atom is 0.269 e. The van der Waals surface area contributed by atoms with Gasteiger partial charge in [0.05, 0.1) is 10.7 Å². The van der Waals surface area contributed by atoms with Crippen LogP contribution in [0.3, 0.4) is 0 Å². The Morgan fingerprint density at radius 1 is 1.47 bits per heavy atom. The maximum absolute atomic E-state index is 11.8. The predicted molar refractivity (Wildman–Crippen MR) is 67.7 cm³/mol. The molecule has 9 heteroatoms. The van der Waals surface area contributed by atoms with Crippen molar-refractivity contribution in [3.8, 4) is 0 Å². The van der Waals surface area contributed by atoms with Crippen LogP contribution in [0.5, 0.6) is 0 Å². The topological polar surface area (TPSA) is 88.2 Å². The van der Waals surface area contributed by atoms with Gasteiger partial charge >= 0.3 is 0 Å². The Hall–Kier alpha value is -0.510. The summed E-state index contributed by atoms with van der Waals surface area (Å²) in [5.41, 5.74) is 1.49. The van der Waals surface area contributed by atoms with E-state index in [1.54, 1.807) is 20.8 Å². The highest BCUT2D eigenvalue weighted by molar-refractivity contribution is 9.10. The number of hydrogen-bond acceptors (Lipinski definition) is 5. The molecule has 1 aromatic heterocycles. The van der Waals surface area contributed by atoms with Crippen LogP contribution >= 0.6 is 27.5 Å². The Morgan fingerprint density at radius 2 is 2.06 bits per heavy atom. The van der Waals surface area contributed by atoms with Crippen LogP contribution in [0.25, 0.3) is 0 Å². The van der Waals surface area contributed by atoms with Crippen molar-refractivity contribution >= 4 is 43.4 Å². The van der Waals surface area contributed by atoms with E-state index in [4.69, 9.17) is 0 Å². The van der Waals surface area contributed by atoms with E-state index in [9.17, 15) is 13.2 Å². The van der Waals surface area contributed by atoms with Crippen molar-refractivity contribution in [3.63, 3.8) is 0 Å². The number of amides is 1. The normalized spacial score (nSPS) is 12.5. The van der Waals surface area contributed by atoms with Crippen LogP contribution in [0.1, 0.15) is 20.8 Å². The first-order chi connectivity index (χ1) is 7.64. The average molecular weight is 342 g/mol. The molecule has 0 radical (unpaired) electrons. The number of carbonyl (C=O) groups excluding carboxylic acids is 1. The standard InChI is InChI=1S/C8H12BrN3O3S2/c1-8(2,3)7(13)11-12-17(14,15)6-5(9)4-10-16-6/h4,12H,1-3H3,(H,11,13). The minimum absolute atomic E-state index is 0.0201. The molecule has 0 aromatic carbocycles. The highest BCUT2D eigenvalue weighted by Crippen LogP contribution is 2.24. The summed E-state index contributed by atoms with van der Waals surface area (Å²) in [4.78, 5) is 13.5. The Balaban J connectivity index is 2.77. The Morgan fingerprint density at radius 3 is 2.47 bits per heavy atom. The number of rotatable bonds is 3. The van der Waals surface area contributed by atoms with E-state index in [-0.39, 0.29) is 4.21 Å². The van der Waals surface area contributed by atoms with Crippen LogP contribution in [-0.4, -0.2) is 18.7 Å². The van der Waals surface area contributed by atoms with Gasteiger partial charge in [0, 0.05) is 5.41 Å². The van der Waals surface area contributed by atoms with Crippen LogP contribution in [0, 0.1) is 5.41 Å². The Kier molecular flexibility index (Phi) is 4.28. The summed E-state index contributed by atoms with van der Waals surface area (Å²) >= 11 is 3.88. The summed E-state index contributed by atoms with van der Waals surface area (Å²) in [6.07, 6.45) is 1.38. The van der Waals surface area contributed by atoms with E-state index in [1.165, 1.54) is 6.20 Å². The molecule has 0 fully saturated rings. The summed E-state index contributed by atoms with van der Waals surface area (Å²) in [5, 5.41) is 0. The molecule has 1 aromatic rings. The van der Waals surface area contributed by atoms with Gasteiger partial charge in [0.15, 0.2) is 4.21 Å². The van der Waals surface area contributed by atoms with Crippen LogP contribution in [0.15, 0.2) is 14.9 Å². The molecule has 6 nitrogen and oxygen atoms in total. The predicted octanol–water partition coefficient (Wildman–Crippen LogP) is 1.26. The molecule has 0 bridgehead atoms. The first-order valence-electron chi connectivity index (χ1n) is 4.57. The lowest BCUT2D eigenvalue weighted by Crippen LogP contribution is -2.46. The Bertz CT molecular complexity index is 518. The van der Waals surface area contributed by atoms with Crippen LogP contribution in [0.2, 0.25) is 0 Å². The number of hydrazine groups is 1. The van der Waals surface area contributed by atoms with Crippen LogP contribution < -0.4 is 10.3 Å². The highest BCUT2D eigenvalue weighted by atomic mass is 79.9. The smallest absolute Gasteiger partial charge is 0.269 e. The van der Waals surface area contributed by atoms with Gasteiger partial charge in [-0.3, -0.25) is 10.2 Å². The second kappa shape index (κ2) is 5.01. The van der Waals surface area contributed by atoms with E-state index in [0.29, 0.717) is 4.47 Å². The number of nitrogens with zero attached hydrogens (tertiary/aromatic N) is 1. The molecule has 96 valence electrons. The molecule has 0 saturated carbocycles. The number of halogens is 1. The zero-order valence-corrected chi connectivity index (χ0v) is 12.7. The minimum atomic E-state index is -3.78. The van der Waals surface area contributed by atoms with Gasteiger partial charge in [-0.05, 0) is 27.5 Å². The lowest BCUT2D eigenvalue weighted by Gasteiger charge is -2.17. The van der Waals surface area contributed by atoms with Crippen molar-refractivity contribution in [1.82, 2.24) is 14.6 Å². The summed E-state index contributed by atoms with van der Waals surface area (Å²) < 4.78 is 27.6. The molecule has 17 heavy (non-hydrogen) atoms. The number of hydrogen-bond donors (Lipinski definition) is 2. The van der Waals surface area contributed by atoms with Gasteiger partial charge in [0.25, 0.3) is 10.0 Å². The first kappa shape index (κ1) is 14.6. The third-order valence-corrected chi connectivity index (χ3v) is 5.40. The summed E-state index contributed by atoms with van der Waals surface area (Å²) in [7, 11) is -3.78. The molecule has 0 saturated heterocycles. The molecule has 1 rings (SSSR count). The van der Waals surface area contributed by atoms with Crippen LogP contribution in [-0.2, 0) is 14.8 Å². The molecule has 0 aliphatic rings. The second-order valence-electron chi connectivity index (χ2n) is 4.27. The van der Waals surface area contributed by atoms with Crippen molar-refractivity contribution in [2.45, 2.75) is 25.0 Å². The van der Waals surface area contributed by atoms with Crippen LogP contribution in [0.4, 0.5) is 0 Å². The van der Waals surface area contributed by atoms with Gasteiger partial charge < -0.3 is 0 Å². The number of sulfonamides is 1. The van der Waals surface area contributed by atoms with Crippen molar-refractivity contribution in [2.75, 3.05) is 0 Å². The van der Waals surface area contributed by atoms with Gasteiger partial charge in [-0.25, -0.2) is 8.42 Å². The molecule has 2 N–H and O–H groups in total. The lowest BCUT2D eigenvalue weighted by molar-refractivity contribution is -0.129. The lowest BCUT2D eigenvalue weighted by atomic mass is 9.96. The Labute approximate surface area is 112 Å². The molecular weight excluding hydrogens is 330 g/mol. The summed E-state index contributed by atoms with van der Waals surface area (Å²) in [5.74, 6) is -0.415. The van der Waals surface area contributed by atoms with Gasteiger partial charge in [-0.1, -0.05) is 20.8 Å². The zero-order chi connectivity index (χ0) is 13.3. The van der Waals surface area contributed by atoms with Gasteiger partial charge in [0.1, 0.15) is 0 Å². The second-order valence-corrected chi connectivity index (χ2v) is 7.80. The molecule has 0 spiro atoms. The molecule has 0 aliphatic carbocycles. The SMILES string of the molecule is CC(C)(C)C(=O)NNS(=O)(=O)c1sncc1Br. The average Bonchev–Trinajstić information content (AvgIpc) is 2.60. The van der Waals surface area contributed by atoms with Gasteiger partial charge in [0.2, 0.25) is 5.91 Å². The van der Waals surface area contributed by atoms with Crippen molar-refractivity contribution in [1.29, 1.82) is 0 Å². The van der Waals surface area contributed by atoms with E-state index in [1.807, 2.05) is 4.83 Å². The maximum atomic E-state index is 11.8. The third kappa shape index (κ3) is 3.73. The highest BCUT2D eigenvalue weighted by Gasteiger charge is 2.25. The van der Waals surface area contributed by atoms with E-state index >= 15 is 0 Å². The molecule has 1 amide bonds. The van der Waals surface area contributed by atoms with E-state index in [0.717, 1.165) is 11.5 Å². The molecular formula is C8H12BrN3O3S2. The molecule has 1 heterocycles. The number of aromatic nitrogens is 1. The van der Waals surface area contributed by atoms with E-state index in [2.05, 4.69) is 25.7 Å². The van der Waals surface area contributed by atoms with Crippen molar-refractivity contribution in [2.24, 2.45) is 5.41 Å². The fraction of sp³-hybridized carbons (Fsp3) is 0.500. The van der Waals surface area contributed by atoms with Gasteiger partial charge in [-0.15, -0.1) is 4.83 Å². The minimum Gasteiger partial charge on any atom is -0.277 e. The molecule has 0 atom stereocenters. The van der Waals surface area contributed by atoms with E-state index < -0.39 is 21.3 Å². The van der Waals surface area contributed by atoms with Crippen molar-refractivity contribution < 1.29 is 13.2 Å². The van der Waals surface area contributed by atoms with Gasteiger partial charge in [-0.2, -0.15) is 4.37 Å². The summed E-state index contributed by atoms with van der Waals surface area (Å²) in [6.45, 7) is 5.04. The number of nitrogens with one attached hydrogen (secondary N) is 2. The molecule has 0 unspecified atom stereocenters. The third-order valence-electron chi connectivity index (χ3n) is 1.72. The quantitative estimate of drug-likeness (QED) is 0.810. The zero-order valence-electron chi connectivity index (χ0n) is 9.44. The first-order valence-corrected chi connectivity index (χ1v) is 7.62. The fourth-order valence-corrected chi connectivity index (χ4v) is 3.51. The fourth-order valence-electron chi connectivity index (χ4n) is 0.742. The monoisotopic (exact) mass is 341 g/mol.